The quantitative estimate of drug-likeness (QED) is 0.238. The topological polar surface area (TPSA) is 34.1 Å². The van der Waals surface area contributed by atoms with Crippen molar-refractivity contribution >= 4 is 35.1 Å². The molecule has 0 aromatic heterocycles. The van der Waals surface area contributed by atoms with Gasteiger partial charge in [-0.15, -0.1) is 0 Å². The van der Waals surface area contributed by atoms with Crippen LogP contribution in [0.15, 0.2) is 141 Å². The van der Waals surface area contributed by atoms with Crippen molar-refractivity contribution in [3.05, 3.63) is 144 Å². The molecule has 4 heteroatoms. The molecule has 6 rings (SSSR count). The van der Waals surface area contributed by atoms with Crippen LogP contribution in [0.3, 0.4) is 0 Å². The highest BCUT2D eigenvalue weighted by Crippen LogP contribution is 2.41. The molecular formula is C32H20O2S2. The number of hydrogen-bond acceptors (Lipinski definition) is 4. The van der Waals surface area contributed by atoms with Crippen LogP contribution in [0.5, 0.6) is 0 Å². The lowest BCUT2D eigenvalue weighted by molar-refractivity contribution is 0.0974. The lowest BCUT2D eigenvalue weighted by Crippen LogP contribution is -2.22. The lowest BCUT2D eigenvalue weighted by Gasteiger charge is -2.22. The average molecular weight is 501 g/mol. The van der Waals surface area contributed by atoms with Crippen LogP contribution < -0.4 is 0 Å². The minimum absolute atomic E-state index is 0.0968. The molecule has 1 aliphatic rings. The molecule has 0 fully saturated rings. The molecular weight excluding hydrogens is 480 g/mol. The van der Waals surface area contributed by atoms with Gasteiger partial charge in [-0.05, 0) is 47.5 Å². The SMILES string of the molecule is O=C1c2cccc(Sc3ccc(-c4ccccc4)cc3)c2C(=O)c2cccc(Sc3ccccc3)c21. The average Bonchev–Trinajstić information content (AvgIpc) is 2.93. The van der Waals surface area contributed by atoms with E-state index in [4.69, 9.17) is 0 Å². The van der Waals surface area contributed by atoms with E-state index in [1.54, 1.807) is 12.1 Å². The van der Waals surface area contributed by atoms with Crippen molar-refractivity contribution < 1.29 is 9.59 Å². The van der Waals surface area contributed by atoms with E-state index in [9.17, 15) is 9.59 Å². The standard InChI is InChI=1S/C32H20O2S2/c33-31-26-14-8-16-28(36-24-19-17-22(18-20-24)21-9-3-1-4-10-21)30(26)32(34)25-13-7-15-27(29(25)31)35-23-11-5-2-6-12-23/h1-20H. The highest BCUT2D eigenvalue weighted by Gasteiger charge is 2.33. The van der Waals surface area contributed by atoms with Gasteiger partial charge in [0.25, 0.3) is 0 Å². The van der Waals surface area contributed by atoms with E-state index in [0.29, 0.717) is 22.3 Å². The number of ketones is 2. The maximum Gasteiger partial charge on any atom is 0.195 e. The van der Waals surface area contributed by atoms with Gasteiger partial charge in [-0.3, -0.25) is 9.59 Å². The third kappa shape index (κ3) is 4.19. The number of benzene rings is 5. The van der Waals surface area contributed by atoms with Gasteiger partial charge < -0.3 is 0 Å². The molecule has 0 bridgehead atoms. The van der Waals surface area contributed by atoms with Gasteiger partial charge in [0.2, 0.25) is 0 Å². The van der Waals surface area contributed by atoms with Crippen LogP contribution in [-0.2, 0) is 0 Å². The van der Waals surface area contributed by atoms with Gasteiger partial charge in [-0.1, -0.05) is 108 Å². The first kappa shape index (κ1) is 22.6. The van der Waals surface area contributed by atoms with Gasteiger partial charge >= 0.3 is 0 Å². The van der Waals surface area contributed by atoms with Crippen LogP contribution in [0.4, 0.5) is 0 Å². The number of hydrogen-bond donors (Lipinski definition) is 0. The summed E-state index contributed by atoms with van der Waals surface area (Å²) >= 11 is 3.03. The molecule has 5 aromatic carbocycles. The Balaban J connectivity index is 1.34. The molecule has 0 spiro atoms. The van der Waals surface area contributed by atoms with Crippen LogP contribution in [0.1, 0.15) is 31.8 Å². The van der Waals surface area contributed by atoms with Crippen molar-refractivity contribution in [2.45, 2.75) is 19.6 Å². The minimum atomic E-state index is -0.0980. The maximum absolute atomic E-state index is 13.7. The molecule has 0 radical (unpaired) electrons. The van der Waals surface area contributed by atoms with Crippen LogP contribution in [0, 0.1) is 0 Å². The van der Waals surface area contributed by atoms with Crippen molar-refractivity contribution in [3.8, 4) is 11.1 Å². The van der Waals surface area contributed by atoms with E-state index in [1.807, 2.05) is 72.8 Å². The summed E-state index contributed by atoms with van der Waals surface area (Å²) in [6, 6.07) is 39.5. The summed E-state index contributed by atoms with van der Waals surface area (Å²) in [6.07, 6.45) is 0. The minimum Gasteiger partial charge on any atom is -0.289 e. The molecule has 0 N–H and O–H groups in total. The Bertz CT molecular complexity index is 1590. The van der Waals surface area contributed by atoms with Gasteiger partial charge in [0.1, 0.15) is 0 Å². The normalized spacial score (nSPS) is 12.2. The van der Waals surface area contributed by atoms with E-state index < -0.39 is 0 Å². The first-order chi connectivity index (χ1) is 17.7. The molecule has 0 unspecified atom stereocenters. The third-order valence-corrected chi connectivity index (χ3v) is 8.29. The number of carbonyl (C=O) groups excluding carboxylic acids is 2. The van der Waals surface area contributed by atoms with Gasteiger partial charge in [0, 0.05) is 41.8 Å². The van der Waals surface area contributed by atoms with Gasteiger partial charge in [-0.2, -0.15) is 0 Å². The summed E-state index contributed by atoms with van der Waals surface area (Å²) in [5.74, 6) is -0.195. The smallest absolute Gasteiger partial charge is 0.195 e. The van der Waals surface area contributed by atoms with E-state index in [-0.39, 0.29) is 11.6 Å². The highest BCUT2D eigenvalue weighted by atomic mass is 32.2. The van der Waals surface area contributed by atoms with Gasteiger partial charge in [-0.25, -0.2) is 0 Å². The molecule has 0 heterocycles. The first-order valence-electron chi connectivity index (χ1n) is 11.6. The molecule has 1 aliphatic carbocycles. The molecule has 0 atom stereocenters. The van der Waals surface area contributed by atoms with Crippen LogP contribution in [-0.4, -0.2) is 11.6 Å². The fraction of sp³-hybridized carbons (Fsp3) is 0. The Kier molecular flexibility index (Phi) is 6.06. The Hall–Kier alpha value is -3.86. The summed E-state index contributed by atoms with van der Waals surface area (Å²) in [5.41, 5.74) is 4.24. The first-order valence-corrected chi connectivity index (χ1v) is 13.2. The van der Waals surface area contributed by atoms with Crippen molar-refractivity contribution in [2.24, 2.45) is 0 Å². The lowest BCUT2D eigenvalue weighted by atomic mass is 9.84. The summed E-state index contributed by atoms with van der Waals surface area (Å²) in [6.45, 7) is 0. The second kappa shape index (κ2) is 9.65. The second-order valence-electron chi connectivity index (χ2n) is 8.42. The van der Waals surface area contributed by atoms with Crippen molar-refractivity contribution in [3.63, 3.8) is 0 Å². The zero-order chi connectivity index (χ0) is 24.5. The highest BCUT2D eigenvalue weighted by molar-refractivity contribution is 7.99. The predicted octanol–water partition coefficient (Wildman–Crippen LogP) is 8.43. The Morgan fingerprint density at radius 2 is 0.833 bits per heavy atom. The number of fused-ring (bicyclic) bond motifs is 2. The molecule has 172 valence electrons. The van der Waals surface area contributed by atoms with Gasteiger partial charge in [0.05, 0.1) is 0 Å². The molecule has 0 saturated heterocycles. The third-order valence-electron chi connectivity index (χ3n) is 6.16. The van der Waals surface area contributed by atoms with Crippen LogP contribution >= 0.6 is 23.5 Å². The summed E-state index contributed by atoms with van der Waals surface area (Å²) in [5, 5.41) is 0. The maximum atomic E-state index is 13.7. The Labute approximate surface area is 218 Å². The van der Waals surface area contributed by atoms with Crippen molar-refractivity contribution in [2.75, 3.05) is 0 Å². The van der Waals surface area contributed by atoms with Crippen molar-refractivity contribution in [1.82, 2.24) is 0 Å². The van der Waals surface area contributed by atoms with E-state index in [2.05, 4.69) is 36.4 Å². The predicted molar refractivity (Wildman–Crippen MR) is 146 cm³/mol. The summed E-state index contributed by atoms with van der Waals surface area (Å²) in [7, 11) is 0. The van der Waals surface area contributed by atoms with E-state index >= 15 is 0 Å². The van der Waals surface area contributed by atoms with Crippen molar-refractivity contribution in [1.29, 1.82) is 0 Å². The molecule has 0 amide bonds. The largest absolute Gasteiger partial charge is 0.289 e. The Morgan fingerprint density at radius 1 is 0.389 bits per heavy atom. The molecule has 0 saturated carbocycles. The number of carbonyl (C=O) groups is 2. The Morgan fingerprint density at radius 3 is 1.36 bits per heavy atom. The number of rotatable bonds is 5. The van der Waals surface area contributed by atoms with Crippen LogP contribution in [0.25, 0.3) is 11.1 Å². The summed E-state index contributed by atoms with van der Waals surface area (Å²) < 4.78 is 0. The fourth-order valence-corrected chi connectivity index (χ4v) is 6.41. The second-order valence-corrected chi connectivity index (χ2v) is 10.7. The monoisotopic (exact) mass is 500 g/mol. The van der Waals surface area contributed by atoms with E-state index in [0.717, 1.165) is 30.7 Å². The zero-order valence-electron chi connectivity index (χ0n) is 19.2. The van der Waals surface area contributed by atoms with Crippen LogP contribution in [0.2, 0.25) is 0 Å². The molecule has 2 nitrogen and oxygen atoms in total. The molecule has 0 aliphatic heterocycles. The van der Waals surface area contributed by atoms with Gasteiger partial charge in [0.15, 0.2) is 11.6 Å². The van der Waals surface area contributed by atoms with E-state index in [1.165, 1.54) is 23.5 Å². The molecule has 36 heavy (non-hydrogen) atoms. The fourth-order valence-electron chi connectivity index (χ4n) is 4.44. The zero-order valence-corrected chi connectivity index (χ0v) is 20.8. The molecule has 5 aromatic rings. The summed E-state index contributed by atoms with van der Waals surface area (Å²) in [4.78, 5) is 31.1.